The monoisotopic (exact) mass is 276 g/mol. The second kappa shape index (κ2) is 6.36. The van der Waals surface area contributed by atoms with Crippen molar-refractivity contribution >= 4 is 11.8 Å². The summed E-state index contributed by atoms with van der Waals surface area (Å²) < 4.78 is 0. The summed E-state index contributed by atoms with van der Waals surface area (Å²) in [5.74, 6) is 0. The van der Waals surface area contributed by atoms with Crippen LogP contribution in [-0.4, -0.2) is 26.8 Å². The molecule has 1 aromatic heterocycles. The van der Waals surface area contributed by atoms with Crippen molar-refractivity contribution in [3.8, 4) is 6.07 Å². The lowest BCUT2D eigenvalue weighted by atomic mass is 9.82. The van der Waals surface area contributed by atoms with Crippen molar-refractivity contribution in [3.63, 3.8) is 0 Å². The molecule has 0 aromatic carbocycles. The van der Waals surface area contributed by atoms with Crippen LogP contribution in [0, 0.1) is 11.3 Å². The number of rotatable bonds is 4. The fourth-order valence-electron chi connectivity index (χ4n) is 2.66. The maximum Gasteiger partial charge on any atom is 0.115 e. The third-order valence-electron chi connectivity index (χ3n) is 3.31. The Bertz CT molecular complexity index is 443. The van der Waals surface area contributed by atoms with Gasteiger partial charge in [-0.25, -0.2) is 4.98 Å². The minimum atomic E-state index is -0.369. The Morgan fingerprint density at radius 2 is 2.37 bits per heavy atom. The van der Waals surface area contributed by atoms with Crippen LogP contribution in [0.15, 0.2) is 23.6 Å². The highest BCUT2D eigenvalue weighted by Crippen LogP contribution is 2.37. The van der Waals surface area contributed by atoms with E-state index < -0.39 is 0 Å². The van der Waals surface area contributed by atoms with E-state index in [1.165, 1.54) is 0 Å². The molecule has 0 amide bonds. The molecule has 0 aliphatic heterocycles. The molecule has 1 fully saturated rings. The van der Waals surface area contributed by atoms with Gasteiger partial charge in [-0.1, -0.05) is 0 Å². The Morgan fingerprint density at radius 1 is 1.53 bits per heavy atom. The highest BCUT2D eigenvalue weighted by atomic mass is 32.2. The number of nitrogens with one attached hydrogen (secondary N) is 1. The van der Waals surface area contributed by atoms with E-state index in [1.54, 1.807) is 30.4 Å². The van der Waals surface area contributed by atoms with Gasteiger partial charge in [-0.15, -0.1) is 11.8 Å². The molecule has 4 nitrogen and oxygen atoms in total. The van der Waals surface area contributed by atoms with Gasteiger partial charge in [-0.3, -0.25) is 10.3 Å². The van der Waals surface area contributed by atoms with E-state index in [1.807, 2.05) is 0 Å². The Morgan fingerprint density at radius 3 is 3.00 bits per heavy atom. The van der Waals surface area contributed by atoms with E-state index in [-0.39, 0.29) is 5.54 Å². The summed E-state index contributed by atoms with van der Waals surface area (Å²) in [4.78, 5) is 8.40. The maximum atomic E-state index is 9.52. The van der Waals surface area contributed by atoms with Gasteiger partial charge in [0.1, 0.15) is 10.6 Å². The third kappa shape index (κ3) is 3.92. The Kier molecular flexibility index (Phi) is 4.78. The predicted molar refractivity (Wildman–Crippen MR) is 76.8 cm³/mol. The van der Waals surface area contributed by atoms with Crippen LogP contribution in [0.2, 0.25) is 0 Å². The molecule has 1 heterocycles. The lowest BCUT2D eigenvalue weighted by Crippen LogP contribution is -2.51. The van der Waals surface area contributed by atoms with Crippen LogP contribution >= 0.6 is 11.8 Å². The molecule has 1 saturated carbocycles. The quantitative estimate of drug-likeness (QED) is 0.916. The Labute approximate surface area is 119 Å². The zero-order chi connectivity index (χ0) is 13.7. The molecule has 0 bridgehead atoms. The van der Waals surface area contributed by atoms with E-state index in [4.69, 9.17) is 0 Å². The lowest BCUT2D eigenvalue weighted by molar-refractivity contribution is 0.284. The molecule has 1 aliphatic rings. The second-order valence-corrected chi connectivity index (χ2v) is 6.69. The zero-order valence-corrected chi connectivity index (χ0v) is 12.3. The average molecular weight is 276 g/mol. The molecular weight excluding hydrogens is 256 g/mol. The Hall–Kier alpha value is -1.12. The van der Waals surface area contributed by atoms with E-state index >= 15 is 0 Å². The van der Waals surface area contributed by atoms with Gasteiger partial charge in [0.2, 0.25) is 0 Å². The van der Waals surface area contributed by atoms with E-state index in [0.717, 1.165) is 30.7 Å². The van der Waals surface area contributed by atoms with E-state index in [9.17, 15) is 5.26 Å². The molecule has 1 aromatic rings. The third-order valence-corrected chi connectivity index (χ3v) is 4.50. The first-order valence-corrected chi connectivity index (χ1v) is 7.63. The van der Waals surface area contributed by atoms with Crippen LogP contribution in [0.1, 0.15) is 39.5 Å². The number of thioether (sulfide) groups is 1. The van der Waals surface area contributed by atoms with Crippen molar-refractivity contribution < 1.29 is 0 Å². The van der Waals surface area contributed by atoms with Crippen LogP contribution in [0.25, 0.3) is 0 Å². The SMILES string of the molecule is CC(C)NC1(C#N)CCCC(Sc2cnccn2)C1. The summed E-state index contributed by atoms with van der Waals surface area (Å²) in [6, 6.07) is 2.84. The van der Waals surface area contributed by atoms with Gasteiger partial charge in [-0.2, -0.15) is 5.26 Å². The fraction of sp³-hybridized carbons (Fsp3) is 0.643. The van der Waals surface area contributed by atoms with E-state index in [2.05, 4.69) is 35.2 Å². The second-order valence-electron chi connectivity index (χ2n) is 5.37. The summed E-state index contributed by atoms with van der Waals surface area (Å²) in [5, 5.41) is 14.4. The van der Waals surface area contributed by atoms with Gasteiger partial charge in [0.15, 0.2) is 0 Å². The number of nitriles is 1. The highest BCUT2D eigenvalue weighted by molar-refractivity contribution is 7.99. The number of nitrogens with zero attached hydrogens (tertiary/aromatic N) is 3. The first-order chi connectivity index (χ1) is 9.13. The van der Waals surface area contributed by atoms with E-state index in [0.29, 0.717) is 11.3 Å². The van der Waals surface area contributed by atoms with Gasteiger partial charge in [0, 0.05) is 23.7 Å². The van der Waals surface area contributed by atoms with Gasteiger partial charge < -0.3 is 0 Å². The number of hydrogen-bond acceptors (Lipinski definition) is 5. The summed E-state index contributed by atoms with van der Waals surface area (Å²) >= 11 is 1.74. The van der Waals surface area contributed by atoms with Crippen LogP contribution in [-0.2, 0) is 0 Å². The zero-order valence-electron chi connectivity index (χ0n) is 11.5. The van der Waals surface area contributed by atoms with Crippen LogP contribution in [0.3, 0.4) is 0 Å². The van der Waals surface area contributed by atoms with Gasteiger partial charge >= 0.3 is 0 Å². The molecule has 2 unspecified atom stereocenters. The molecule has 0 saturated heterocycles. The standard InChI is InChI=1S/C14H20N4S/c1-11(2)18-14(10-15)5-3-4-12(8-14)19-13-9-16-6-7-17-13/h6-7,9,11-12,18H,3-5,8H2,1-2H3. The fourth-order valence-corrected chi connectivity index (χ4v) is 3.90. The van der Waals surface area contributed by atoms with Crippen molar-refractivity contribution in [2.45, 2.75) is 61.4 Å². The molecule has 1 aliphatic carbocycles. The number of hydrogen-bond donors (Lipinski definition) is 1. The molecule has 2 rings (SSSR count). The molecular formula is C14H20N4S. The minimum Gasteiger partial charge on any atom is -0.297 e. The molecule has 102 valence electrons. The van der Waals surface area contributed by atoms with Crippen molar-refractivity contribution in [2.24, 2.45) is 0 Å². The molecule has 2 atom stereocenters. The summed E-state index contributed by atoms with van der Waals surface area (Å²) in [7, 11) is 0. The summed E-state index contributed by atoms with van der Waals surface area (Å²) in [6.45, 7) is 4.19. The van der Waals surface area contributed by atoms with Crippen molar-refractivity contribution in [1.82, 2.24) is 15.3 Å². The average Bonchev–Trinajstić information content (AvgIpc) is 2.39. The van der Waals surface area contributed by atoms with Crippen LogP contribution in [0.4, 0.5) is 0 Å². The van der Waals surface area contributed by atoms with Crippen molar-refractivity contribution in [3.05, 3.63) is 18.6 Å². The molecule has 1 N–H and O–H groups in total. The van der Waals surface area contributed by atoms with Crippen molar-refractivity contribution in [2.75, 3.05) is 0 Å². The topological polar surface area (TPSA) is 61.6 Å². The highest BCUT2D eigenvalue weighted by Gasteiger charge is 2.37. The normalized spacial score (nSPS) is 27.2. The van der Waals surface area contributed by atoms with Gasteiger partial charge in [0.25, 0.3) is 0 Å². The van der Waals surface area contributed by atoms with Crippen LogP contribution in [0.5, 0.6) is 0 Å². The number of aromatic nitrogens is 2. The first-order valence-electron chi connectivity index (χ1n) is 6.75. The maximum absolute atomic E-state index is 9.52. The smallest absolute Gasteiger partial charge is 0.115 e. The van der Waals surface area contributed by atoms with Gasteiger partial charge in [0.05, 0.1) is 12.3 Å². The van der Waals surface area contributed by atoms with Crippen LogP contribution < -0.4 is 5.32 Å². The first kappa shape index (κ1) is 14.3. The summed E-state index contributed by atoms with van der Waals surface area (Å²) in [6.07, 6.45) is 9.25. The van der Waals surface area contributed by atoms with Crippen molar-refractivity contribution in [1.29, 1.82) is 5.26 Å². The minimum absolute atomic E-state index is 0.333. The molecule has 19 heavy (non-hydrogen) atoms. The Balaban J connectivity index is 2.02. The predicted octanol–water partition coefficient (Wildman–Crippen LogP) is 2.77. The lowest BCUT2D eigenvalue weighted by Gasteiger charge is -2.37. The molecule has 0 spiro atoms. The molecule has 0 radical (unpaired) electrons. The molecule has 5 heteroatoms. The largest absolute Gasteiger partial charge is 0.297 e. The summed E-state index contributed by atoms with van der Waals surface area (Å²) in [5.41, 5.74) is -0.369. The van der Waals surface area contributed by atoms with Gasteiger partial charge in [-0.05, 0) is 39.5 Å².